The van der Waals surface area contributed by atoms with Gasteiger partial charge in [0, 0.05) is 26.2 Å². The number of aryl methyl sites for hydroxylation is 1. The van der Waals surface area contributed by atoms with E-state index in [0.29, 0.717) is 24.5 Å². The van der Waals surface area contributed by atoms with E-state index < -0.39 is 0 Å². The van der Waals surface area contributed by atoms with Crippen LogP contribution in [0.1, 0.15) is 34.1 Å². The van der Waals surface area contributed by atoms with Crippen LogP contribution in [0.25, 0.3) is 0 Å². The number of amides is 2. The van der Waals surface area contributed by atoms with Gasteiger partial charge in [0.15, 0.2) is 0 Å². The van der Waals surface area contributed by atoms with Gasteiger partial charge in [-0.2, -0.15) is 5.10 Å². The van der Waals surface area contributed by atoms with Gasteiger partial charge in [-0.1, -0.05) is 35.9 Å². The third-order valence-electron chi connectivity index (χ3n) is 4.68. The lowest BCUT2D eigenvalue weighted by molar-refractivity contribution is -0.128. The molecule has 0 spiro atoms. The average Bonchev–Trinajstić information content (AvgIpc) is 2.97. The third kappa shape index (κ3) is 5.04. The predicted molar refractivity (Wildman–Crippen MR) is 114 cm³/mol. The number of hydrogen-bond acceptors (Lipinski definition) is 3. The minimum absolute atomic E-state index is 0.0413. The molecule has 156 valence electrons. The van der Waals surface area contributed by atoms with E-state index in [1.54, 1.807) is 37.1 Å². The van der Waals surface area contributed by atoms with E-state index in [2.05, 4.69) is 10.4 Å². The van der Waals surface area contributed by atoms with Gasteiger partial charge < -0.3 is 10.2 Å². The fourth-order valence-corrected chi connectivity index (χ4v) is 3.33. The van der Waals surface area contributed by atoms with Gasteiger partial charge in [-0.25, -0.2) is 9.07 Å². The van der Waals surface area contributed by atoms with Crippen molar-refractivity contribution < 1.29 is 14.0 Å². The highest BCUT2D eigenvalue weighted by molar-refractivity contribution is 6.33. The van der Waals surface area contributed by atoms with Crippen molar-refractivity contribution in [2.24, 2.45) is 0 Å². The monoisotopic (exact) mass is 428 g/mol. The van der Waals surface area contributed by atoms with E-state index in [4.69, 9.17) is 11.6 Å². The van der Waals surface area contributed by atoms with E-state index in [9.17, 15) is 14.0 Å². The van der Waals surface area contributed by atoms with Crippen molar-refractivity contribution in [1.29, 1.82) is 0 Å². The lowest BCUT2D eigenvalue weighted by atomic mass is 10.1. The van der Waals surface area contributed by atoms with Gasteiger partial charge in [0.2, 0.25) is 5.91 Å². The number of carbonyl (C=O) groups excluding carboxylic acids is 2. The molecular formula is C22H22ClFN4O2. The van der Waals surface area contributed by atoms with Crippen LogP contribution in [0.3, 0.4) is 0 Å². The average molecular weight is 429 g/mol. The van der Waals surface area contributed by atoms with Crippen LogP contribution in [0.4, 0.5) is 10.1 Å². The van der Waals surface area contributed by atoms with Crippen molar-refractivity contribution in [1.82, 2.24) is 14.7 Å². The molecule has 30 heavy (non-hydrogen) atoms. The first-order valence-electron chi connectivity index (χ1n) is 9.34. The summed E-state index contributed by atoms with van der Waals surface area (Å²) in [6, 6.07) is 13.3. The third-order valence-corrected chi connectivity index (χ3v) is 5.06. The highest BCUT2D eigenvalue weighted by Gasteiger charge is 2.21. The minimum atomic E-state index is -0.375. The van der Waals surface area contributed by atoms with Gasteiger partial charge >= 0.3 is 0 Å². The molecule has 0 fully saturated rings. The van der Waals surface area contributed by atoms with E-state index in [-0.39, 0.29) is 28.3 Å². The van der Waals surface area contributed by atoms with E-state index in [1.165, 1.54) is 23.7 Å². The number of halogens is 2. The first-order chi connectivity index (χ1) is 14.2. The van der Waals surface area contributed by atoms with Crippen molar-refractivity contribution in [3.05, 3.63) is 81.9 Å². The van der Waals surface area contributed by atoms with Crippen molar-refractivity contribution in [3.8, 4) is 0 Å². The molecule has 8 heteroatoms. The molecule has 0 aliphatic heterocycles. The zero-order chi connectivity index (χ0) is 21.8. The molecule has 3 rings (SSSR count). The maximum Gasteiger partial charge on any atom is 0.260 e. The SMILES string of the molecule is CC(=O)N(C)Cc1cccc(NC(=O)c2c(C)nn(Cc3ccc(F)cc3)c2Cl)c1. The first-order valence-corrected chi connectivity index (χ1v) is 9.71. The van der Waals surface area contributed by atoms with Crippen molar-refractivity contribution in [3.63, 3.8) is 0 Å². The van der Waals surface area contributed by atoms with Gasteiger partial charge in [-0.3, -0.25) is 9.59 Å². The van der Waals surface area contributed by atoms with Gasteiger partial charge in [0.25, 0.3) is 5.91 Å². The maximum absolute atomic E-state index is 13.1. The highest BCUT2D eigenvalue weighted by atomic mass is 35.5. The summed E-state index contributed by atoms with van der Waals surface area (Å²) >= 11 is 6.43. The molecular weight excluding hydrogens is 407 g/mol. The van der Waals surface area contributed by atoms with Crippen molar-refractivity contribution in [2.45, 2.75) is 26.9 Å². The predicted octanol–water partition coefficient (Wildman–Crippen LogP) is 4.26. The number of benzene rings is 2. The smallest absolute Gasteiger partial charge is 0.260 e. The molecule has 0 aliphatic rings. The molecule has 0 unspecified atom stereocenters. The molecule has 0 radical (unpaired) electrons. The number of nitrogens with one attached hydrogen (secondary N) is 1. The van der Waals surface area contributed by atoms with Crippen LogP contribution in [0.5, 0.6) is 0 Å². The lowest BCUT2D eigenvalue weighted by Crippen LogP contribution is -2.23. The Balaban J connectivity index is 1.76. The summed E-state index contributed by atoms with van der Waals surface area (Å²) in [7, 11) is 1.71. The molecule has 3 aromatic rings. The molecule has 0 bridgehead atoms. The van der Waals surface area contributed by atoms with Crippen LogP contribution in [0.2, 0.25) is 5.15 Å². The zero-order valence-corrected chi connectivity index (χ0v) is 17.7. The Hall–Kier alpha value is -3.19. The molecule has 6 nitrogen and oxygen atoms in total. The molecule has 1 aromatic heterocycles. The quantitative estimate of drug-likeness (QED) is 0.637. The molecule has 0 atom stereocenters. The fourth-order valence-electron chi connectivity index (χ4n) is 3.01. The van der Waals surface area contributed by atoms with E-state index >= 15 is 0 Å². The van der Waals surface area contributed by atoms with E-state index in [1.807, 2.05) is 18.2 Å². The standard InChI is InChI=1S/C22H22ClFN4O2/c1-14-20(21(23)28(26-14)13-16-7-9-18(24)10-8-16)22(30)25-19-6-4-5-17(11-19)12-27(3)15(2)29/h4-11H,12-13H2,1-3H3,(H,25,30). The van der Waals surface area contributed by atoms with Crippen molar-refractivity contribution >= 4 is 29.1 Å². The molecule has 2 amide bonds. The summed E-state index contributed by atoms with van der Waals surface area (Å²) in [5, 5.41) is 7.40. The first kappa shape index (κ1) is 21.5. The van der Waals surface area contributed by atoms with Gasteiger partial charge in [0.1, 0.15) is 11.0 Å². The van der Waals surface area contributed by atoms with Gasteiger partial charge in [-0.05, 0) is 42.3 Å². The molecule has 0 aliphatic carbocycles. The Bertz CT molecular complexity index is 1080. The molecule has 1 N–H and O–H groups in total. The van der Waals surface area contributed by atoms with Crippen LogP contribution in [-0.2, 0) is 17.9 Å². The normalized spacial score (nSPS) is 10.7. The summed E-state index contributed by atoms with van der Waals surface area (Å²) in [4.78, 5) is 25.9. The lowest BCUT2D eigenvalue weighted by Gasteiger charge is -2.15. The van der Waals surface area contributed by atoms with Crippen LogP contribution in [-0.4, -0.2) is 33.5 Å². The Morgan fingerprint density at radius 3 is 2.53 bits per heavy atom. The summed E-state index contributed by atoms with van der Waals surface area (Å²) < 4.78 is 14.6. The largest absolute Gasteiger partial charge is 0.342 e. The molecule has 0 saturated carbocycles. The highest BCUT2D eigenvalue weighted by Crippen LogP contribution is 2.23. The second kappa shape index (κ2) is 9.09. The topological polar surface area (TPSA) is 67.2 Å². The summed E-state index contributed by atoms with van der Waals surface area (Å²) in [6.45, 7) is 3.97. The summed E-state index contributed by atoms with van der Waals surface area (Å²) in [5.41, 5.74) is 3.07. The summed E-state index contributed by atoms with van der Waals surface area (Å²) in [5.74, 6) is -0.737. The number of aromatic nitrogens is 2. The zero-order valence-electron chi connectivity index (χ0n) is 16.9. The molecule has 1 heterocycles. The number of hydrogen-bond donors (Lipinski definition) is 1. The Kier molecular flexibility index (Phi) is 6.52. The Morgan fingerprint density at radius 1 is 1.17 bits per heavy atom. The molecule has 2 aromatic carbocycles. The Labute approximate surface area is 179 Å². The van der Waals surface area contributed by atoms with Crippen molar-refractivity contribution in [2.75, 3.05) is 12.4 Å². The number of carbonyl (C=O) groups is 2. The number of anilines is 1. The minimum Gasteiger partial charge on any atom is -0.342 e. The maximum atomic E-state index is 13.1. The number of rotatable bonds is 6. The van der Waals surface area contributed by atoms with Gasteiger partial charge in [0.05, 0.1) is 17.8 Å². The van der Waals surface area contributed by atoms with E-state index in [0.717, 1.165) is 11.1 Å². The Morgan fingerprint density at radius 2 is 1.87 bits per heavy atom. The van der Waals surface area contributed by atoms with Crippen LogP contribution in [0, 0.1) is 12.7 Å². The molecule has 0 saturated heterocycles. The fraction of sp³-hybridized carbons (Fsp3) is 0.227. The van der Waals surface area contributed by atoms with Crippen LogP contribution < -0.4 is 5.32 Å². The second-order valence-corrected chi connectivity index (χ2v) is 7.42. The van der Waals surface area contributed by atoms with Crippen LogP contribution in [0.15, 0.2) is 48.5 Å². The number of nitrogens with zero attached hydrogens (tertiary/aromatic N) is 3. The van der Waals surface area contributed by atoms with Crippen LogP contribution >= 0.6 is 11.6 Å². The van der Waals surface area contributed by atoms with Gasteiger partial charge in [-0.15, -0.1) is 0 Å². The summed E-state index contributed by atoms with van der Waals surface area (Å²) in [6.07, 6.45) is 0. The second-order valence-electron chi connectivity index (χ2n) is 7.06.